The Balaban J connectivity index is 1.57. The Bertz CT molecular complexity index is 1280. The molecule has 3 aromatic carbocycles. The van der Waals surface area contributed by atoms with E-state index in [1.165, 1.54) is 17.4 Å². The number of esters is 1. The molecule has 0 amide bonds. The topological polar surface area (TPSA) is 48.4 Å². The summed E-state index contributed by atoms with van der Waals surface area (Å²) in [6.07, 6.45) is 5.26. The zero-order valence-corrected chi connectivity index (χ0v) is 20.7. The number of aromatic nitrogens is 1. The number of hydrogen-bond acceptors (Lipinski definition) is 5. The molecule has 0 aliphatic heterocycles. The molecule has 5 heteroatoms. The van der Waals surface area contributed by atoms with Gasteiger partial charge in [0, 0.05) is 15.8 Å². The van der Waals surface area contributed by atoms with Crippen LogP contribution in [0.5, 0.6) is 5.88 Å². The van der Waals surface area contributed by atoms with Gasteiger partial charge in [-0.05, 0) is 60.1 Å². The van der Waals surface area contributed by atoms with Crippen LogP contribution in [0.3, 0.4) is 0 Å². The lowest BCUT2D eigenvalue weighted by molar-refractivity contribution is 0.0601. The van der Waals surface area contributed by atoms with Crippen molar-refractivity contribution in [2.24, 2.45) is 0 Å². The highest BCUT2D eigenvalue weighted by atomic mass is 32.2. The number of ether oxygens (including phenoxy) is 2. The monoisotopic (exact) mass is 471 g/mol. The van der Waals surface area contributed by atoms with Crippen molar-refractivity contribution < 1.29 is 14.3 Å². The molecule has 174 valence electrons. The molecular formula is C29H29NO3S. The third-order valence-corrected chi connectivity index (χ3v) is 6.65. The highest BCUT2D eigenvalue weighted by molar-refractivity contribution is 7.98. The van der Waals surface area contributed by atoms with E-state index in [1.54, 1.807) is 17.8 Å². The number of unbranched alkanes of at least 4 members (excludes halogenated alkanes) is 1. The molecule has 4 aromatic rings. The Labute approximate surface area is 205 Å². The minimum absolute atomic E-state index is 0.338. The van der Waals surface area contributed by atoms with E-state index in [4.69, 9.17) is 14.5 Å². The number of nitrogens with zero attached hydrogens (tertiary/aromatic N) is 1. The predicted octanol–water partition coefficient (Wildman–Crippen LogP) is 7.33. The zero-order valence-electron chi connectivity index (χ0n) is 19.8. The van der Waals surface area contributed by atoms with E-state index in [0.717, 1.165) is 47.0 Å². The number of carbonyl (C=O) groups is 1. The summed E-state index contributed by atoms with van der Waals surface area (Å²) in [6.45, 7) is 2.63. The van der Waals surface area contributed by atoms with Gasteiger partial charge >= 0.3 is 5.97 Å². The molecule has 0 aliphatic carbocycles. The Morgan fingerprint density at radius 2 is 1.79 bits per heavy atom. The second kappa shape index (κ2) is 11.2. The summed E-state index contributed by atoms with van der Waals surface area (Å²) in [5.74, 6) is 0.369. The Kier molecular flexibility index (Phi) is 7.86. The van der Waals surface area contributed by atoms with Crippen molar-refractivity contribution in [2.45, 2.75) is 37.7 Å². The van der Waals surface area contributed by atoms with Crippen molar-refractivity contribution in [3.05, 3.63) is 89.5 Å². The van der Waals surface area contributed by atoms with Gasteiger partial charge in [0.25, 0.3) is 0 Å². The Morgan fingerprint density at radius 1 is 1.00 bits per heavy atom. The van der Waals surface area contributed by atoms with E-state index in [0.29, 0.717) is 18.1 Å². The molecular weight excluding hydrogens is 442 g/mol. The van der Waals surface area contributed by atoms with Crippen LogP contribution in [0.2, 0.25) is 0 Å². The van der Waals surface area contributed by atoms with Crippen molar-refractivity contribution in [1.29, 1.82) is 0 Å². The first-order valence-corrected chi connectivity index (χ1v) is 12.7. The maximum absolute atomic E-state index is 12.1. The molecule has 1 heterocycles. The lowest BCUT2D eigenvalue weighted by atomic mass is 9.99. The third kappa shape index (κ3) is 5.26. The molecule has 0 N–H and O–H groups in total. The smallest absolute Gasteiger partial charge is 0.338 e. The van der Waals surface area contributed by atoms with Crippen LogP contribution in [-0.4, -0.2) is 24.3 Å². The number of thioether (sulfide) groups is 1. The first-order chi connectivity index (χ1) is 16.6. The predicted molar refractivity (Wildman–Crippen MR) is 140 cm³/mol. The number of benzene rings is 3. The minimum atomic E-state index is -0.338. The van der Waals surface area contributed by atoms with E-state index in [9.17, 15) is 4.79 Å². The van der Waals surface area contributed by atoms with Crippen LogP contribution in [0.25, 0.3) is 22.0 Å². The number of hydrogen-bond donors (Lipinski definition) is 0. The number of methoxy groups -OCH3 is 1. The lowest BCUT2D eigenvalue weighted by Crippen LogP contribution is -2.04. The molecule has 0 aliphatic rings. The van der Waals surface area contributed by atoms with Gasteiger partial charge in [0.2, 0.25) is 5.88 Å². The van der Waals surface area contributed by atoms with Gasteiger partial charge in [-0.3, -0.25) is 0 Å². The summed E-state index contributed by atoms with van der Waals surface area (Å²) in [4.78, 5) is 18.2. The molecule has 0 saturated heterocycles. The number of rotatable bonds is 9. The average molecular weight is 472 g/mol. The van der Waals surface area contributed by atoms with Gasteiger partial charge in [0.15, 0.2) is 0 Å². The standard InChI is InChI=1S/C29H29NO3S/c1-4-5-9-22-18-25-26(12-8-13-27(25)34-3)30-28(22)33-19-20-14-16-21(17-15-20)23-10-6-7-11-24(23)29(31)32-2/h6-8,10-18H,4-5,9,19H2,1-3H3. The third-order valence-electron chi connectivity index (χ3n) is 5.85. The van der Waals surface area contributed by atoms with Crippen molar-refractivity contribution >= 4 is 28.6 Å². The molecule has 0 spiro atoms. The number of aryl methyl sites for hydroxylation is 1. The molecule has 0 saturated carbocycles. The maximum Gasteiger partial charge on any atom is 0.338 e. The Hall–Kier alpha value is -3.31. The van der Waals surface area contributed by atoms with Crippen LogP contribution < -0.4 is 4.74 Å². The summed E-state index contributed by atoms with van der Waals surface area (Å²) in [5, 5.41) is 1.18. The van der Waals surface area contributed by atoms with E-state index < -0.39 is 0 Å². The fourth-order valence-corrected chi connectivity index (χ4v) is 4.59. The minimum Gasteiger partial charge on any atom is -0.473 e. The molecule has 4 nitrogen and oxygen atoms in total. The number of pyridine rings is 1. The van der Waals surface area contributed by atoms with Crippen molar-refractivity contribution in [1.82, 2.24) is 4.98 Å². The summed E-state index contributed by atoms with van der Waals surface area (Å²) >= 11 is 1.74. The second-order valence-electron chi connectivity index (χ2n) is 8.11. The Morgan fingerprint density at radius 3 is 2.53 bits per heavy atom. The fraction of sp³-hybridized carbons (Fsp3) is 0.241. The molecule has 1 aromatic heterocycles. The molecule has 0 unspecified atom stereocenters. The van der Waals surface area contributed by atoms with Crippen LogP contribution >= 0.6 is 11.8 Å². The first-order valence-electron chi connectivity index (χ1n) is 11.5. The number of fused-ring (bicyclic) bond motifs is 1. The van der Waals surface area contributed by atoms with Crippen LogP contribution in [-0.2, 0) is 17.8 Å². The van der Waals surface area contributed by atoms with Crippen LogP contribution in [0.4, 0.5) is 0 Å². The molecule has 0 fully saturated rings. The largest absolute Gasteiger partial charge is 0.473 e. The summed E-state index contributed by atoms with van der Waals surface area (Å²) in [7, 11) is 1.40. The van der Waals surface area contributed by atoms with E-state index in [-0.39, 0.29) is 5.97 Å². The summed E-state index contributed by atoms with van der Waals surface area (Å²) in [6, 6.07) is 24.0. The van der Waals surface area contributed by atoms with Gasteiger partial charge in [0.05, 0.1) is 18.2 Å². The van der Waals surface area contributed by atoms with Crippen LogP contribution in [0.1, 0.15) is 41.3 Å². The van der Waals surface area contributed by atoms with Crippen molar-refractivity contribution in [3.63, 3.8) is 0 Å². The first kappa shape index (κ1) is 23.8. The van der Waals surface area contributed by atoms with Gasteiger partial charge in [0.1, 0.15) is 6.61 Å². The van der Waals surface area contributed by atoms with Crippen molar-refractivity contribution in [2.75, 3.05) is 13.4 Å². The SMILES string of the molecule is CCCCc1cc2c(SC)cccc2nc1OCc1ccc(-c2ccccc2C(=O)OC)cc1. The van der Waals surface area contributed by atoms with E-state index in [2.05, 4.69) is 25.3 Å². The summed E-state index contributed by atoms with van der Waals surface area (Å²) in [5.41, 5.74) is 5.52. The highest BCUT2D eigenvalue weighted by Gasteiger charge is 2.13. The molecule has 4 rings (SSSR count). The van der Waals surface area contributed by atoms with Crippen LogP contribution in [0.15, 0.2) is 77.7 Å². The molecule has 0 radical (unpaired) electrons. The molecule has 0 atom stereocenters. The van der Waals surface area contributed by atoms with Gasteiger partial charge < -0.3 is 9.47 Å². The van der Waals surface area contributed by atoms with Crippen molar-refractivity contribution in [3.8, 4) is 17.0 Å². The normalized spacial score (nSPS) is 10.9. The molecule has 34 heavy (non-hydrogen) atoms. The lowest BCUT2D eigenvalue weighted by Gasteiger charge is -2.14. The van der Waals surface area contributed by atoms with E-state index >= 15 is 0 Å². The quantitative estimate of drug-likeness (QED) is 0.189. The zero-order chi connectivity index (χ0) is 23.9. The van der Waals surface area contributed by atoms with Gasteiger partial charge in [-0.2, -0.15) is 0 Å². The second-order valence-corrected chi connectivity index (χ2v) is 8.95. The average Bonchev–Trinajstić information content (AvgIpc) is 2.89. The highest BCUT2D eigenvalue weighted by Crippen LogP contribution is 2.31. The van der Waals surface area contributed by atoms with Crippen LogP contribution in [0, 0.1) is 0 Å². The fourth-order valence-electron chi connectivity index (χ4n) is 4.00. The van der Waals surface area contributed by atoms with Gasteiger partial charge in [-0.1, -0.05) is 61.9 Å². The maximum atomic E-state index is 12.1. The summed E-state index contributed by atoms with van der Waals surface area (Å²) < 4.78 is 11.2. The molecule has 0 bridgehead atoms. The number of carbonyl (C=O) groups excluding carboxylic acids is 1. The van der Waals surface area contributed by atoms with Gasteiger partial charge in [-0.25, -0.2) is 9.78 Å². The van der Waals surface area contributed by atoms with Gasteiger partial charge in [-0.15, -0.1) is 11.8 Å². The van der Waals surface area contributed by atoms with E-state index in [1.807, 2.05) is 54.6 Å².